The van der Waals surface area contributed by atoms with Crippen LogP contribution in [0.2, 0.25) is 0 Å². The van der Waals surface area contributed by atoms with Gasteiger partial charge < -0.3 is 20.5 Å². The second-order valence-electron chi connectivity index (χ2n) is 5.78. The number of benzene rings is 2. The van der Waals surface area contributed by atoms with Crippen LogP contribution >= 0.6 is 11.8 Å². The number of carbonyl (C=O) groups excluding carboxylic acids is 1. The fourth-order valence-corrected chi connectivity index (χ4v) is 3.03. The minimum absolute atomic E-state index is 0.0493. The van der Waals surface area contributed by atoms with Gasteiger partial charge in [0.1, 0.15) is 5.75 Å². The highest BCUT2D eigenvalue weighted by atomic mass is 32.2. The Labute approximate surface area is 172 Å². The number of carbonyl (C=O) groups is 1. The van der Waals surface area contributed by atoms with Gasteiger partial charge in [-0.05, 0) is 43.3 Å². The van der Waals surface area contributed by atoms with Gasteiger partial charge in [0.15, 0.2) is 12.4 Å². The van der Waals surface area contributed by atoms with E-state index < -0.39 is 0 Å². The normalized spacial score (nSPS) is 10.4. The van der Waals surface area contributed by atoms with E-state index in [9.17, 15) is 4.79 Å². The maximum atomic E-state index is 12.0. The summed E-state index contributed by atoms with van der Waals surface area (Å²) in [4.78, 5) is 25.3. The van der Waals surface area contributed by atoms with E-state index in [4.69, 9.17) is 15.2 Å². The molecule has 2 aromatic carbocycles. The molecule has 3 aromatic rings. The molecule has 0 atom stereocenters. The molecular formula is C20H21N5O3S. The van der Waals surface area contributed by atoms with Crippen LogP contribution in [0.3, 0.4) is 0 Å². The number of aromatic nitrogens is 3. The Morgan fingerprint density at radius 3 is 2.55 bits per heavy atom. The maximum Gasteiger partial charge on any atom is 0.316 e. The Morgan fingerprint density at radius 1 is 1.07 bits per heavy atom. The molecule has 8 nitrogen and oxygen atoms in total. The quantitative estimate of drug-likeness (QED) is 0.404. The van der Waals surface area contributed by atoms with E-state index in [0.717, 1.165) is 16.3 Å². The van der Waals surface area contributed by atoms with Crippen LogP contribution in [-0.4, -0.2) is 33.3 Å². The molecule has 9 heteroatoms. The van der Waals surface area contributed by atoms with E-state index in [-0.39, 0.29) is 30.1 Å². The smallest absolute Gasteiger partial charge is 0.316 e. The van der Waals surface area contributed by atoms with Gasteiger partial charge in [0.2, 0.25) is 11.9 Å². The summed E-state index contributed by atoms with van der Waals surface area (Å²) in [6.45, 7) is 2.46. The minimum Gasteiger partial charge on any atom is -0.494 e. The summed E-state index contributed by atoms with van der Waals surface area (Å²) in [6, 6.07) is 17.0. The zero-order chi connectivity index (χ0) is 20.5. The predicted octanol–water partition coefficient (Wildman–Crippen LogP) is 3.43. The lowest BCUT2D eigenvalue weighted by atomic mass is 10.3. The number of nitrogens with one attached hydrogen (secondary N) is 1. The van der Waals surface area contributed by atoms with E-state index in [1.165, 1.54) is 11.8 Å². The van der Waals surface area contributed by atoms with Gasteiger partial charge >= 0.3 is 5.97 Å². The standard InChI is InChI=1S/C20H21N5O3S/c1-2-27-15-8-10-16(11-9-15)29-13-18(26)28-12-17-23-19(21)25-20(24-17)22-14-6-4-3-5-7-14/h3-11H,2,12-13H2,1H3,(H3,21,22,23,24,25). The molecule has 150 valence electrons. The number of anilines is 3. The van der Waals surface area contributed by atoms with Crippen LogP contribution < -0.4 is 15.8 Å². The van der Waals surface area contributed by atoms with Crippen LogP contribution in [0.4, 0.5) is 17.6 Å². The van der Waals surface area contributed by atoms with Gasteiger partial charge in [0, 0.05) is 10.6 Å². The molecule has 0 bridgehead atoms. The number of hydrogen-bond donors (Lipinski definition) is 2. The second kappa shape index (κ2) is 10.3. The van der Waals surface area contributed by atoms with Crippen LogP contribution in [-0.2, 0) is 16.1 Å². The number of nitrogens with zero attached hydrogens (tertiary/aromatic N) is 3. The van der Waals surface area contributed by atoms with Crippen molar-refractivity contribution in [2.45, 2.75) is 18.4 Å². The van der Waals surface area contributed by atoms with E-state index in [2.05, 4.69) is 20.3 Å². The van der Waals surface area contributed by atoms with Gasteiger partial charge in [0.25, 0.3) is 0 Å². The Balaban J connectivity index is 1.50. The van der Waals surface area contributed by atoms with Crippen molar-refractivity contribution in [3.63, 3.8) is 0 Å². The lowest BCUT2D eigenvalue weighted by Gasteiger charge is -2.08. The van der Waals surface area contributed by atoms with Gasteiger partial charge in [-0.25, -0.2) is 0 Å². The molecule has 0 amide bonds. The van der Waals surface area contributed by atoms with Gasteiger partial charge in [-0.15, -0.1) is 11.8 Å². The molecule has 0 aliphatic rings. The second-order valence-corrected chi connectivity index (χ2v) is 6.83. The van der Waals surface area contributed by atoms with Gasteiger partial charge in [-0.3, -0.25) is 4.79 Å². The van der Waals surface area contributed by atoms with Crippen LogP contribution in [0.15, 0.2) is 59.5 Å². The highest BCUT2D eigenvalue weighted by Crippen LogP contribution is 2.21. The first-order valence-corrected chi connectivity index (χ1v) is 9.94. The Bertz CT molecular complexity index is 939. The zero-order valence-electron chi connectivity index (χ0n) is 15.9. The van der Waals surface area contributed by atoms with E-state index in [1.54, 1.807) is 0 Å². The molecule has 0 unspecified atom stereocenters. The van der Waals surface area contributed by atoms with Crippen molar-refractivity contribution in [3.05, 3.63) is 60.4 Å². The monoisotopic (exact) mass is 411 g/mol. The summed E-state index contributed by atoms with van der Waals surface area (Å²) in [7, 11) is 0. The lowest BCUT2D eigenvalue weighted by molar-refractivity contribution is -0.141. The molecule has 0 fully saturated rings. The van der Waals surface area contributed by atoms with E-state index in [0.29, 0.717) is 12.6 Å². The van der Waals surface area contributed by atoms with E-state index in [1.807, 2.05) is 61.5 Å². The van der Waals surface area contributed by atoms with Crippen molar-refractivity contribution in [2.75, 3.05) is 23.4 Å². The van der Waals surface area contributed by atoms with Crippen molar-refractivity contribution in [2.24, 2.45) is 0 Å². The summed E-state index contributed by atoms with van der Waals surface area (Å²) >= 11 is 1.38. The molecule has 0 aliphatic heterocycles. The number of hydrogen-bond acceptors (Lipinski definition) is 9. The highest BCUT2D eigenvalue weighted by molar-refractivity contribution is 8.00. The molecule has 1 heterocycles. The third-order valence-corrected chi connectivity index (χ3v) is 4.57. The summed E-state index contributed by atoms with van der Waals surface area (Å²) in [5.41, 5.74) is 6.54. The summed E-state index contributed by atoms with van der Waals surface area (Å²) < 4.78 is 10.6. The zero-order valence-corrected chi connectivity index (χ0v) is 16.7. The Kier molecular flexibility index (Phi) is 7.23. The first kappa shape index (κ1) is 20.4. The van der Waals surface area contributed by atoms with Gasteiger partial charge in [-0.1, -0.05) is 18.2 Å². The Morgan fingerprint density at radius 2 is 1.83 bits per heavy atom. The number of nitrogen functional groups attached to an aromatic ring is 1. The fraction of sp³-hybridized carbons (Fsp3) is 0.200. The van der Waals surface area contributed by atoms with Crippen LogP contribution in [0.5, 0.6) is 5.75 Å². The predicted molar refractivity (Wildman–Crippen MR) is 112 cm³/mol. The lowest BCUT2D eigenvalue weighted by Crippen LogP contribution is -2.12. The summed E-state index contributed by atoms with van der Waals surface area (Å²) in [6.07, 6.45) is 0. The van der Waals surface area contributed by atoms with Crippen LogP contribution in [0.25, 0.3) is 0 Å². The van der Waals surface area contributed by atoms with Crippen molar-refractivity contribution < 1.29 is 14.3 Å². The molecule has 0 saturated heterocycles. The summed E-state index contributed by atoms with van der Waals surface area (Å²) in [5, 5.41) is 3.04. The average Bonchev–Trinajstić information content (AvgIpc) is 2.72. The largest absolute Gasteiger partial charge is 0.494 e. The fourth-order valence-electron chi connectivity index (χ4n) is 2.34. The third-order valence-electron chi connectivity index (χ3n) is 3.58. The molecular weight excluding hydrogens is 390 g/mol. The number of rotatable bonds is 9. The van der Waals surface area contributed by atoms with E-state index >= 15 is 0 Å². The first-order valence-electron chi connectivity index (χ1n) is 8.96. The van der Waals surface area contributed by atoms with Crippen molar-refractivity contribution >= 4 is 35.3 Å². The molecule has 0 radical (unpaired) electrons. The highest BCUT2D eigenvalue weighted by Gasteiger charge is 2.09. The van der Waals surface area contributed by atoms with Gasteiger partial charge in [-0.2, -0.15) is 15.0 Å². The topological polar surface area (TPSA) is 112 Å². The number of esters is 1. The van der Waals surface area contributed by atoms with Gasteiger partial charge in [0.05, 0.1) is 12.4 Å². The van der Waals surface area contributed by atoms with Crippen LogP contribution in [0.1, 0.15) is 12.7 Å². The van der Waals surface area contributed by atoms with Crippen molar-refractivity contribution in [1.82, 2.24) is 15.0 Å². The number of thioether (sulfide) groups is 1. The van der Waals surface area contributed by atoms with Crippen molar-refractivity contribution in [1.29, 1.82) is 0 Å². The van der Waals surface area contributed by atoms with Crippen molar-refractivity contribution in [3.8, 4) is 5.75 Å². The molecule has 0 saturated carbocycles. The number of ether oxygens (including phenoxy) is 2. The molecule has 0 aliphatic carbocycles. The third kappa shape index (κ3) is 6.65. The molecule has 3 rings (SSSR count). The first-order chi connectivity index (χ1) is 14.1. The molecule has 29 heavy (non-hydrogen) atoms. The SMILES string of the molecule is CCOc1ccc(SCC(=O)OCc2nc(N)nc(Nc3ccccc3)n2)cc1. The summed E-state index contributed by atoms with van der Waals surface area (Å²) in [5.74, 6) is 1.21. The molecule has 0 spiro atoms. The maximum absolute atomic E-state index is 12.0. The average molecular weight is 411 g/mol. The minimum atomic E-state index is -0.375. The Hall–Kier alpha value is -3.33. The molecule has 3 N–H and O–H groups in total. The molecule has 1 aromatic heterocycles. The van der Waals surface area contributed by atoms with Crippen LogP contribution in [0, 0.1) is 0 Å². The number of para-hydroxylation sites is 1. The number of nitrogens with two attached hydrogens (primary N) is 1.